The number of aromatic nitrogens is 21. The molecule has 0 bridgehead atoms. The van der Waals surface area contributed by atoms with Crippen LogP contribution in [0.25, 0.3) is 39.6 Å². The van der Waals surface area contributed by atoms with E-state index >= 15 is 0 Å². The minimum absolute atomic E-state index is 0.00199. The van der Waals surface area contributed by atoms with E-state index in [0.29, 0.717) is 68.6 Å². The van der Waals surface area contributed by atoms with E-state index in [2.05, 4.69) is 123 Å². The van der Waals surface area contributed by atoms with E-state index in [1.165, 1.54) is 32.5 Å². The number of hydrogen-bond donors (Lipinski definition) is 3. The summed E-state index contributed by atoms with van der Waals surface area (Å²) in [5.41, 5.74) is 3.97. The zero-order chi connectivity index (χ0) is 43.7. The third-order valence-electron chi connectivity index (χ3n) is 9.14. The molecule has 0 saturated heterocycles. The summed E-state index contributed by atoms with van der Waals surface area (Å²) in [6, 6.07) is 4.13. The van der Waals surface area contributed by atoms with Gasteiger partial charge in [0.1, 0.15) is 40.7 Å². The molecule has 63 heavy (non-hydrogen) atoms. The number of rotatable bonds is 9. The SMILES string of the molecule is [C-]#[N+]c1cnn(-c2nc(-n3ncc(C#N)c3/N=N/c3c(C)nn4nc(C)[nH]c34)nc(-n3ncc(C#N)c3/N=N/c3c(C)nn4nc(C)[nH]c34)n2)c1/N=N/c1c(C)nn2nc(C)[nH]c12. The molecule has 3 N–H and O–H groups in total. The van der Waals surface area contributed by atoms with Gasteiger partial charge < -0.3 is 15.0 Å². The predicted molar refractivity (Wildman–Crippen MR) is 210 cm³/mol. The molecule has 0 aliphatic rings. The van der Waals surface area contributed by atoms with Gasteiger partial charge in [0.15, 0.2) is 51.5 Å². The lowest BCUT2D eigenvalue weighted by Crippen LogP contribution is -2.14. The molecule has 0 atom stereocenters. The summed E-state index contributed by atoms with van der Waals surface area (Å²) in [4.78, 5) is 26.8. The summed E-state index contributed by atoms with van der Waals surface area (Å²) in [6.07, 6.45) is 3.76. The Morgan fingerprint density at radius 1 is 0.508 bits per heavy atom. The first-order chi connectivity index (χ1) is 30.5. The summed E-state index contributed by atoms with van der Waals surface area (Å²) in [5.74, 6) is 0.838. The molecule has 30 nitrogen and oxygen atoms in total. The highest BCUT2D eigenvalue weighted by molar-refractivity contribution is 5.69. The molecule has 0 unspecified atom stereocenters. The Morgan fingerprint density at radius 3 is 1.22 bits per heavy atom. The van der Waals surface area contributed by atoms with E-state index in [-0.39, 0.29) is 52.1 Å². The van der Waals surface area contributed by atoms with Gasteiger partial charge in [-0.1, -0.05) is 0 Å². The molecule has 10 heterocycles. The lowest BCUT2D eigenvalue weighted by molar-refractivity contribution is 0.706. The fourth-order valence-electron chi connectivity index (χ4n) is 6.33. The Kier molecular flexibility index (Phi) is 8.31. The second kappa shape index (κ2) is 14.1. The fraction of sp³-hybridized carbons (Fsp3) is 0.182. The third-order valence-corrected chi connectivity index (χ3v) is 9.14. The maximum absolute atomic E-state index is 10.2. The Balaban J connectivity index is 1.16. The van der Waals surface area contributed by atoms with Gasteiger partial charge in [-0.25, -0.2) is 4.85 Å². The van der Waals surface area contributed by atoms with Crippen LogP contribution in [0.1, 0.15) is 45.7 Å². The van der Waals surface area contributed by atoms with E-state index in [0.717, 1.165) is 14.0 Å². The Bertz CT molecular complexity index is 3300. The molecule has 0 fully saturated rings. The van der Waals surface area contributed by atoms with Crippen LogP contribution in [-0.2, 0) is 0 Å². The molecule has 0 aromatic carbocycles. The van der Waals surface area contributed by atoms with Crippen LogP contribution in [0.5, 0.6) is 0 Å². The van der Waals surface area contributed by atoms with Crippen molar-refractivity contribution in [3.8, 4) is 30.0 Å². The first-order valence-corrected chi connectivity index (χ1v) is 18.2. The van der Waals surface area contributed by atoms with Gasteiger partial charge in [0, 0.05) is 0 Å². The van der Waals surface area contributed by atoms with E-state index in [9.17, 15) is 10.5 Å². The molecule has 10 aromatic rings. The topological polar surface area (TPSA) is 356 Å². The number of hydrogen-bond acceptors (Lipinski definition) is 20. The van der Waals surface area contributed by atoms with E-state index in [1.54, 1.807) is 41.5 Å². The van der Waals surface area contributed by atoms with Gasteiger partial charge in [-0.3, -0.25) is 0 Å². The second-order valence-electron chi connectivity index (χ2n) is 13.5. The highest BCUT2D eigenvalue weighted by atomic mass is 15.5. The maximum atomic E-state index is 10.2. The quantitative estimate of drug-likeness (QED) is 0.128. The Hall–Kier alpha value is -10.1. The maximum Gasteiger partial charge on any atom is 0.259 e. The van der Waals surface area contributed by atoms with Crippen molar-refractivity contribution in [3.05, 3.63) is 75.7 Å². The summed E-state index contributed by atoms with van der Waals surface area (Å²) >= 11 is 0. The molecule has 0 saturated carbocycles. The minimum Gasteiger partial charge on any atom is -0.324 e. The molecule has 0 amide bonds. The number of nitrogens with one attached hydrogen (secondary N) is 3. The van der Waals surface area contributed by atoms with Crippen LogP contribution < -0.4 is 0 Å². The first kappa shape index (κ1) is 37.2. The Morgan fingerprint density at radius 2 is 0.857 bits per heavy atom. The van der Waals surface area contributed by atoms with Crippen LogP contribution >= 0.6 is 0 Å². The van der Waals surface area contributed by atoms with Crippen molar-refractivity contribution in [3.63, 3.8) is 0 Å². The molecule has 10 rings (SSSR count). The van der Waals surface area contributed by atoms with Crippen LogP contribution in [-0.4, -0.2) is 104 Å². The highest BCUT2D eigenvalue weighted by Gasteiger charge is 2.25. The van der Waals surface area contributed by atoms with Crippen LogP contribution in [0, 0.1) is 70.8 Å². The highest BCUT2D eigenvalue weighted by Crippen LogP contribution is 2.35. The predicted octanol–water partition coefficient (Wildman–Crippen LogP) is 4.93. The standard InChI is InChI=1S/C33H24N30/c1-13-22(28-40-16(4)55-61(28)52-13)46-49-25-19(8-34)10-37-58(25)31-43-32(59-26(20(9-35)11-38-59)50-47-23-14(2)53-62-29(23)41-17(5)56-62)45-33(44-31)60-27(21(36-7)12-39-60)51-48-24-15(3)54-63-30(24)42-18(6)57-63/h10-12H,1-6H3,(H,40,55)(H,41,56)(H,42,57)/b49-46+,50-47+,51-48+. The molecule has 0 aliphatic heterocycles. The van der Waals surface area contributed by atoms with Crippen LogP contribution in [0.2, 0.25) is 0 Å². The number of H-pyrrole nitrogens is 3. The van der Waals surface area contributed by atoms with Gasteiger partial charge in [-0.05, 0) is 41.5 Å². The van der Waals surface area contributed by atoms with Crippen molar-refractivity contribution >= 4 is 57.1 Å². The molecular formula is C33H24N30. The summed E-state index contributed by atoms with van der Waals surface area (Å²) in [5, 5.41) is 86.0. The average Bonchev–Trinajstić information content (AvgIpc) is 4.14. The van der Waals surface area contributed by atoms with E-state index < -0.39 is 0 Å². The monoisotopic (exact) mass is 840 g/mol. The first-order valence-electron chi connectivity index (χ1n) is 18.2. The van der Waals surface area contributed by atoms with Crippen molar-refractivity contribution in [2.24, 2.45) is 30.7 Å². The molecule has 30 heteroatoms. The van der Waals surface area contributed by atoms with Gasteiger partial charge >= 0.3 is 0 Å². The van der Waals surface area contributed by atoms with Crippen LogP contribution in [0.15, 0.2) is 49.3 Å². The van der Waals surface area contributed by atoms with Gasteiger partial charge in [0.05, 0.1) is 42.2 Å². The van der Waals surface area contributed by atoms with Gasteiger partial charge in [-0.15, -0.1) is 59.9 Å². The number of nitrogens with zero attached hydrogens (tertiary/aromatic N) is 27. The van der Waals surface area contributed by atoms with Gasteiger partial charge in [0.25, 0.3) is 23.5 Å². The van der Waals surface area contributed by atoms with Crippen molar-refractivity contribution in [1.82, 2.24) is 104 Å². The summed E-state index contributed by atoms with van der Waals surface area (Å²) in [7, 11) is 0. The van der Waals surface area contributed by atoms with Crippen molar-refractivity contribution in [2.75, 3.05) is 0 Å². The minimum atomic E-state index is -0.233. The molecule has 0 spiro atoms. The number of nitriles is 2. The van der Waals surface area contributed by atoms with Gasteiger partial charge in [0.2, 0.25) is 0 Å². The fourth-order valence-corrected chi connectivity index (χ4v) is 6.33. The summed E-state index contributed by atoms with van der Waals surface area (Å²) in [6.45, 7) is 18.4. The third kappa shape index (κ3) is 6.08. The molecule has 10 aromatic heterocycles. The zero-order valence-electron chi connectivity index (χ0n) is 33.3. The lowest BCUT2D eigenvalue weighted by Gasteiger charge is -2.09. The van der Waals surface area contributed by atoms with Crippen LogP contribution in [0.3, 0.4) is 0 Å². The van der Waals surface area contributed by atoms with Crippen molar-refractivity contribution in [1.29, 1.82) is 10.5 Å². The zero-order valence-corrected chi connectivity index (χ0v) is 33.3. The molecular weight excluding hydrogens is 817 g/mol. The van der Waals surface area contributed by atoms with Gasteiger partial charge in [-0.2, -0.15) is 70.1 Å². The molecule has 0 radical (unpaired) electrons. The second-order valence-corrected chi connectivity index (χ2v) is 13.5. The number of aryl methyl sites for hydroxylation is 6. The van der Waals surface area contributed by atoms with Crippen molar-refractivity contribution in [2.45, 2.75) is 41.5 Å². The lowest BCUT2D eigenvalue weighted by atomic mass is 10.4. The normalized spacial score (nSPS) is 12.0. The average molecular weight is 841 g/mol. The number of aromatic amines is 3. The Labute approximate surface area is 348 Å². The molecule has 306 valence electrons. The summed E-state index contributed by atoms with van der Waals surface area (Å²) < 4.78 is 7.59. The van der Waals surface area contributed by atoms with Crippen LogP contribution in [0.4, 0.5) is 40.2 Å². The van der Waals surface area contributed by atoms with E-state index in [4.69, 9.17) is 6.57 Å². The van der Waals surface area contributed by atoms with E-state index in [1.807, 2.05) is 0 Å². The number of azo groups is 3. The van der Waals surface area contributed by atoms with Crippen molar-refractivity contribution < 1.29 is 0 Å². The molecule has 0 aliphatic carbocycles. The largest absolute Gasteiger partial charge is 0.324 e. The number of fused-ring (bicyclic) bond motifs is 3. The smallest absolute Gasteiger partial charge is 0.259 e.